The average molecular weight is 367 g/mol. The van der Waals surface area contributed by atoms with Gasteiger partial charge in [0.25, 0.3) is 5.91 Å². The highest BCUT2D eigenvalue weighted by Gasteiger charge is 2.27. The molecule has 134 valence electrons. The summed E-state index contributed by atoms with van der Waals surface area (Å²) in [4.78, 5) is 36.6. The summed E-state index contributed by atoms with van der Waals surface area (Å²) in [5, 5.41) is 3.53. The third-order valence-corrected chi connectivity index (χ3v) is 4.87. The number of hydrogen-bond donors (Lipinski definition) is 1. The van der Waals surface area contributed by atoms with Gasteiger partial charge in [-0.2, -0.15) is 0 Å². The van der Waals surface area contributed by atoms with E-state index in [-0.39, 0.29) is 11.7 Å². The van der Waals surface area contributed by atoms with Gasteiger partial charge in [0.05, 0.1) is 0 Å². The number of nitrogens with one attached hydrogen (secondary N) is 1. The van der Waals surface area contributed by atoms with E-state index in [2.05, 4.69) is 5.32 Å². The number of carbonyl (C=O) groups is 2. The van der Waals surface area contributed by atoms with Crippen molar-refractivity contribution in [3.05, 3.63) is 99.9 Å². The van der Waals surface area contributed by atoms with Crippen LogP contribution in [-0.4, -0.2) is 11.7 Å². The summed E-state index contributed by atoms with van der Waals surface area (Å²) in [6.07, 6.45) is 0. The molecule has 1 amide bonds. The lowest BCUT2D eigenvalue weighted by Gasteiger charge is -2.08. The minimum absolute atomic E-state index is 0.0685. The Morgan fingerprint density at radius 3 is 2.39 bits per heavy atom. The second-order valence-corrected chi connectivity index (χ2v) is 6.60. The minimum atomic E-state index is -0.423. The Morgan fingerprint density at radius 2 is 1.54 bits per heavy atom. The molecule has 0 radical (unpaired) electrons. The molecule has 0 spiro atoms. The average Bonchev–Trinajstić information content (AvgIpc) is 3.00. The van der Waals surface area contributed by atoms with E-state index in [9.17, 15) is 14.4 Å². The lowest BCUT2D eigenvalue weighted by molar-refractivity contribution is 0.102. The first-order valence-electron chi connectivity index (χ1n) is 8.73. The Hall–Kier alpha value is -3.99. The molecule has 0 fully saturated rings. The lowest BCUT2D eigenvalue weighted by atomic mass is 10.0. The Kier molecular flexibility index (Phi) is 3.49. The second kappa shape index (κ2) is 6.03. The molecule has 1 aromatic heterocycles. The first-order valence-corrected chi connectivity index (χ1v) is 8.73. The fourth-order valence-electron chi connectivity index (χ4n) is 3.52. The third-order valence-electron chi connectivity index (χ3n) is 4.87. The molecule has 28 heavy (non-hydrogen) atoms. The van der Waals surface area contributed by atoms with Gasteiger partial charge in [-0.15, -0.1) is 0 Å². The molecule has 0 saturated carbocycles. The lowest BCUT2D eigenvalue weighted by Crippen LogP contribution is -2.12. The number of benzene rings is 3. The molecule has 0 aliphatic heterocycles. The van der Waals surface area contributed by atoms with Crippen LogP contribution in [0.25, 0.3) is 22.1 Å². The second-order valence-electron chi connectivity index (χ2n) is 6.60. The molecule has 4 aromatic rings. The first kappa shape index (κ1) is 16.2. The summed E-state index contributed by atoms with van der Waals surface area (Å²) < 4.78 is 5.09. The van der Waals surface area contributed by atoms with Gasteiger partial charge in [-0.05, 0) is 47.5 Å². The number of rotatable bonds is 2. The summed E-state index contributed by atoms with van der Waals surface area (Å²) in [5.41, 5.74) is 3.93. The van der Waals surface area contributed by atoms with E-state index >= 15 is 0 Å². The first-order chi connectivity index (χ1) is 13.6. The maximum absolute atomic E-state index is 12.7. The summed E-state index contributed by atoms with van der Waals surface area (Å²) in [7, 11) is 0. The topological polar surface area (TPSA) is 76.4 Å². The van der Waals surface area contributed by atoms with E-state index in [0.717, 1.165) is 11.1 Å². The molecule has 5 heteroatoms. The number of carbonyl (C=O) groups excluding carboxylic acids is 2. The summed E-state index contributed by atoms with van der Waals surface area (Å²) in [6, 6.07) is 20.6. The number of ketones is 1. The molecule has 0 atom stereocenters. The normalized spacial score (nSPS) is 11.9. The van der Waals surface area contributed by atoms with Crippen molar-refractivity contribution in [2.24, 2.45) is 0 Å². The van der Waals surface area contributed by atoms with Crippen molar-refractivity contribution < 1.29 is 14.0 Å². The highest BCUT2D eigenvalue weighted by atomic mass is 16.4. The van der Waals surface area contributed by atoms with Crippen LogP contribution >= 0.6 is 0 Å². The van der Waals surface area contributed by atoms with Gasteiger partial charge in [0.15, 0.2) is 5.78 Å². The molecule has 5 nitrogen and oxygen atoms in total. The van der Waals surface area contributed by atoms with E-state index in [1.54, 1.807) is 42.5 Å². The number of hydrogen-bond acceptors (Lipinski definition) is 4. The van der Waals surface area contributed by atoms with E-state index in [1.807, 2.05) is 24.3 Å². The molecule has 0 bridgehead atoms. The van der Waals surface area contributed by atoms with Gasteiger partial charge in [-0.1, -0.05) is 30.3 Å². The SMILES string of the molecule is O=C(Nc1ccc2oc(=O)ccc2c1)c1ccc2c(c1)C(=O)c1ccccc1-2. The molecular formula is C23H13NO4. The molecule has 1 heterocycles. The van der Waals surface area contributed by atoms with Crippen LogP contribution in [0.1, 0.15) is 26.3 Å². The van der Waals surface area contributed by atoms with Gasteiger partial charge < -0.3 is 9.73 Å². The van der Waals surface area contributed by atoms with Crippen LogP contribution in [0.3, 0.4) is 0 Å². The van der Waals surface area contributed by atoms with Crippen LogP contribution in [0.5, 0.6) is 0 Å². The standard InChI is InChI=1S/C23H13NO4/c25-21-10-6-13-11-15(7-9-20(13)28-21)24-23(27)14-5-8-17-16-3-1-2-4-18(16)22(26)19(17)12-14/h1-12H,(H,24,27). The molecule has 5 rings (SSSR count). The smallest absolute Gasteiger partial charge is 0.336 e. The summed E-state index contributed by atoms with van der Waals surface area (Å²) in [6.45, 7) is 0. The molecular weight excluding hydrogens is 354 g/mol. The number of amides is 1. The Morgan fingerprint density at radius 1 is 0.750 bits per heavy atom. The van der Waals surface area contributed by atoms with Crippen LogP contribution < -0.4 is 10.9 Å². The Labute approximate surface area is 159 Å². The van der Waals surface area contributed by atoms with Crippen molar-refractivity contribution in [3.8, 4) is 11.1 Å². The zero-order valence-electron chi connectivity index (χ0n) is 14.6. The van der Waals surface area contributed by atoms with Crippen LogP contribution in [0.4, 0.5) is 5.69 Å². The highest BCUT2D eigenvalue weighted by molar-refractivity contribution is 6.22. The van der Waals surface area contributed by atoms with Crippen molar-refractivity contribution in [1.29, 1.82) is 0 Å². The Balaban J connectivity index is 1.46. The van der Waals surface area contributed by atoms with Crippen LogP contribution in [0.15, 0.2) is 82.0 Å². The van der Waals surface area contributed by atoms with Crippen molar-refractivity contribution in [1.82, 2.24) is 0 Å². The van der Waals surface area contributed by atoms with Gasteiger partial charge in [0.2, 0.25) is 0 Å². The van der Waals surface area contributed by atoms with Crippen LogP contribution in [0.2, 0.25) is 0 Å². The quantitative estimate of drug-likeness (QED) is 0.473. The molecule has 1 aliphatic carbocycles. The summed E-state index contributed by atoms with van der Waals surface area (Å²) in [5.74, 6) is -0.385. The number of fused-ring (bicyclic) bond motifs is 4. The van der Waals surface area contributed by atoms with Crippen LogP contribution in [0, 0.1) is 0 Å². The van der Waals surface area contributed by atoms with Crippen molar-refractivity contribution >= 4 is 28.3 Å². The van der Waals surface area contributed by atoms with Crippen LogP contribution in [-0.2, 0) is 0 Å². The minimum Gasteiger partial charge on any atom is -0.423 e. The van der Waals surface area contributed by atoms with Gasteiger partial charge in [0, 0.05) is 33.8 Å². The molecule has 0 unspecified atom stereocenters. The van der Waals surface area contributed by atoms with Gasteiger partial charge in [0.1, 0.15) is 5.58 Å². The van der Waals surface area contributed by atoms with Gasteiger partial charge >= 0.3 is 5.63 Å². The zero-order chi connectivity index (χ0) is 19.3. The maximum Gasteiger partial charge on any atom is 0.336 e. The molecule has 3 aromatic carbocycles. The van der Waals surface area contributed by atoms with E-state index in [4.69, 9.17) is 4.42 Å². The molecule has 1 aliphatic rings. The molecule has 1 N–H and O–H groups in total. The fraction of sp³-hybridized carbons (Fsp3) is 0. The monoisotopic (exact) mass is 367 g/mol. The largest absolute Gasteiger partial charge is 0.423 e. The highest BCUT2D eigenvalue weighted by Crippen LogP contribution is 2.36. The van der Waals surface area contributed by atoms with Crippen molar-refractivity contribution in [2.75, 3.05) is 5.32 Å². The fourth-order valence-corrected chi connectivity index (χ4v) is 3.52. The Bertz CT molecular complexity index is 1350. The third kappa shape index (κ3) is 2.53. The van der Waals surface area contributed by atoms with E-state index in [0.29, 0.717) is 33.3 Å². The summed E-state index contributed by atoms with van der Waals surface area (Å²) >= 11 is 0. The van der Waals surface area contributed by atoms with Crippen molar-refractivity contribution in [2.45, 2.75) is 0 Å². The van der Waals surface area contributed by atoms with Gasteiger partial charge in [-0.3, -0.25) is 9.59 Å². The van der Waals surface area contributed by atoms with Crippen molar-refractivity contribution in [3.63, 3.8) is 0 Å². The van der Waals surface area contributed by atoms with Gasteiger partial charge in [-0.25, -0.2) is 4.79 Å². The maximum atomic E-state index is 12.7. The predicted octanol–water partition coefficient (Wildman–Crippen LogP) is 4.26. The predicted molar refractivity (Wildman–Crippen MR) is 106 cm³/mol. The van der Waals surface area contributed by atoms with E-state index in [1.165, 1.54) is 6.07 Å². The zero-order valence-corrected chi connectivity index (χ0v) is 14.6. The molecule has 0 saturated heterocycles. The van der Waals surface area contributed by atoms with E-state index < -0.39 is 5.63 Å². The number of anilines is 1.